The van der Waals surface area contributed by atoms with Crippen molar-refractivity contribution in [3.63, 3.8) is 0 Å². The third-order valence-corrected chi connectivity index (χ3v) is 11.2. The molecule has 1 saturated heterocycles. The predicted octanol–water partition coefficient (Wildman–Crippen LogP) is 6.44. The van der Waals surface area contributed by atoms with Crippen LogP contribution in [0.5, 0.6) is 11.5 Å². The van der Waals surface area contributed by atoms with Crippen molar-refractivity contribution in [1.82, 2.24) is 35.3 Å². The summed E-state index contributed by atoms with van der Waals surface area (Å²) in [5.41, 5.74) is 2.37. The molecule has 0 unspecified atom stereocenters. The molecule has 4 atom stereocenters. The fourth-order valence-corrected chi connectivity index (χ4v) is 8.03. The van der Waals surface area contributed by atoms with Crippen molar-refractivity contribution < 1.29 is 42.5 Å². The van der Waals surface area contributed by atoms with E-state index in [2.05, 4.69) is 20.9 Å². The first-order chi connectivity index (χ1) is 29.3. The number of imidazole rings is 1. The zero-order chi connectivity index (χ0) is 45.2. The van der Waals surface area contributed by atoms with Gasteiger partial charge in [-0.3, -0.25) is 14.4 Å². The van der Waals surface area contributed by atoms with E-state index in [4.69, 9.17) is 27.9 Å². The first kappa shape index (κ1) is 48.3. The number of alkyl halides is 3. The molecule has 336 valence electrons. The summed E-state index contributed by atoms with van der Waals surface area (Å²) >= 11 is 12.5. The van der Waals surface area contributed by atoms with E-state index >= 15 is 0 Å². The molecule has 62 heavy (non-hydrogen) atoms. The Kier molecular flexibility index (Phi) is 16.8. The molecule has 5 rings (SSSR count). The van der Waals surface area contributed by atoms with Gasteiger partial charge in [-0.1, -0.05) is 41.4 Å². The number of aromatic nitrogens is 2. The van der Waals surface area contributed by atoms with Crippen LogP contribution in [-0.4, -0.2) is 111 Å². The smallest absolute Gasteiger partial charge is 0.389 e. The van der Waals surface area contributed by atoms with Crippen molar-refractivity contribution in [3.8, 4) is 22.8 Å². The van der Waals surface area contributed by atoms with Crippen LogP contribution in [0.2, 0.25) is 10.0 Å². The lowest BCUT2D eigenvalue weighted by Crippen LogP contribution is -2.64. The fourth-order valence-electron chi connectivity index (χ4n) is 7.74. The molecular formula is C44H54Cl2F3N7O6. The van der Waals surface area contributed by atoms with Crippen LogP contribution >= 0.6 is 23.2 Å². The van der Waals surface area contributed by atoms with Crippen LogP contribution in [0.25, 0.3) is 11.3 Å². The number of carbonyl (C=O) groups is 3. The van der Waals surface area contributed by atoms with E-state index in [9.17, 15) is 37.8 Å². The summed E-state index contributed by atoms with van der Waals surface area (Å²) in [7, 11) is 5.95. The van der Waals surface area contributed by atoms with Gasteiger partial charge in [-0.2, -0.15) is 13.2 Å². The number of carbonyl (C=O) groups excluding carboxylic acids is 2. The fraction of sp³-hybridized carbons (Fsp3) is 0.455. The number of carboxylic acids is 1. The van der Waals surface area contributed by atoms with E-state index in [0.717, 1.165) is 22.6 Å². The van der Waals surface area contributed by atoms with Crippen LogP contribution < -0.4 is 20.7 Å². The van der Waals surface area contributed by atoms with Gasteiger partial charge in [0, 0.05) is 60.7 Å². The largest absolute Gasteiger partial charge is 0.481 e. The van der Waals surface area contributed by atoms with Gasteiger partial charge in [-0.15, -0.1) is 0 Å². The Morgan fingerprint density at radius 3 is 2.35 bits per heavy atom. The van der Waals surface area contributed by atoms with E-state index in [1.165, 1.54) is 0 Å². The number of nitrogens with zero attached hydrogens (tertiary/aromatic N) is 4. The van der Waals surface area contributed by atoms with Crippen molar-refractivity contribution in [1.29, 1.82) is 0 Å². The third kappa shape index (κ3) is 14.2. The number of carboxylic acid groups (broad SMARTS) is 1. The summed E-state index contributed by atoms with van der Waals surface area (Å²) in [6.45, 7) is 2.11. The molecule has 0 bridgehead atoms. The van der Waals surface area contributed by atoms with Crippen molar-refractivity contribution in [3.05, 3.63) is 99.9 Å². The molecule has 1 aliphatic heterocycles. The first-order valence-corrected chi connectivity index (χ1v) is 21.0. The Morgan fingerprint density at radius 1 is 1.02 bits per heavy atom. The molecule has 1 aromatic heterocycles. The van der Waals surface area contributed by atoms with Gasteiger partial charge < -0.3 is 45.3 Å². The quantitative estimate of drug-likeness (QED) is 0.0668. The van der Waals surface area contributed by atoms with Gasteiger partial charge in [0.1, 0.15) is 23.4 Å². The molecule has 0 radical (unpaired) electrons. The van der Waals surface area contributed by atoms with Crippen LogP contribution in [0.4, 0.5) is 13.2 Å². The number of amides is 2. The summed E-state index contributed by atoms with van der Waals surface area (Å²) in [6.07, 6.45) is -3.46. The second-order valence-corrected chi connectivity index (χ2v) is 17.1. The molecule has 5 N–H and O–H groups in total. The van der Waals surface area contributed by atoms with Gasteiger partial charge >= 0.3 is 12.1 Å². The number of aliphatic hydroxyl groups excluding tert-OH is 1. The van der Waals surface area contributed by atoms with Crippen molar-refractivity contribution in [2.45, 2.75) is 75.9 Å². The van der Waals surface area contributed by atoms with E-state index in [0.29, 0.717) is 53.0 Å². The minimum absolute atomic E-state index is 0.108. The molecule has 3 aromatic carbocycles. The number of benzene rings is 3. The maximum Gasteiger partial charge on any atom is 0.389 e. The highest BCUT2D eigenvalue weighted by atomic mass is 35.5. The van der Waals surface area contributed by atoms with Crippen LogP contribution in [0.1, 0.15) is 49.6 Å². The Balaban J connectivity index is 1.23. The number of likely N-dealkylation sites (tertiary alicyclic amines) is 1. The molecule has 0 saturated carbocycles. The molecule has 13 nitrogen and oxygen atoms in total. The molecule has 0 spiro atoms. The lowest BCUT2D eigenvalue weighted by atomic mass is 9.82. The van der Waals surface area contributed by atoms with E-state index in [-0.39, 0.29) is 26.1 Å². The molecule has 18 heteroatoms. The highest BCUT2D eigenvalue weighted by Gasteiger charge is 2.41. The Morgan fingerprint density at radius 2 is 1.71 bits per heavy atom. The zero-order valence-electron chi connectivity index (χ0n) is 35.1. The van der Waals surface area contributed by atoms with Crippen LogP contribution in [0.15, 0.2) is 72.9 Å². The Hall–Kier alpha value is -4.71. The summed E-state index contributed by atoms with van der Waals surface area (Å²) < 4.78 is 48.6. The number of piperidine rings is 1. The molecular weight excluding hydrogens is 850 g/mol. The SMILES string of the molecule is C[C@H](NCc1ccc(Cl)cc1Oc1ccc(-c2cnc(CN(C)C)n2C)cc1)C(=O)N[C@@H](CO)C(=O)N[C@@]1(Cc2ccc(Cl)cc2)CCCN(C[C@@H](CC(=O)O)CC(F)(F)F)C1. The summed E-state index contributed by atoms with van der Waals surface area (Å²) in [5.74, 6) is -1.83. The number of halogens is 5. The molecule has 2 amide bonds. The predicted molar refractivity (Wildman–Crippen MR) is 231 cm³/mol. The van der Waals surface area contributed by atoms with Crippen molar-refractivity contribution in [2.75, 3.05) is 40.3 Å². The van der Waals surface area contributed by atoms with Crippen molar-refractivity contribution in [2.24, 2.45) is 13.0 Å². The second-order valence-electron chi connectivity index (χ2n) is 16.3. The molecule has 1 aliphatic rings. The monoisotopic (exact) mass is 903 g/mol. The zero-order valence-corrected chi connectivity index (χ0v) is 36.7. The van der Waals surface area contributed by atoms with Gasteiger partial charge in [-0.05, 0) is 107 Å². The summed E-state index contributed by atoms with van der Waals surface area (Å²) in [5, 5.41) is 29.4. The van der Waals surface area contributed by atoms with Gasteiger partial charge in [-0.25, -0.2) is 4.98 Å². The van der Waals surface area contributed by atoms with Crippen LogP contribution in [-0.2, 0) is 40.9 Å². The molecule has 1 fully saturated rings. The number of aliphatic hydroxyl groups is 1. The number of hydrogen-bond acceptors (Lipinski definition) is 9. The Labute approximate surface area is 369 Å². The number of ether oxygens (including phenoxy) is 1. The van der Waals surface area contributed by atoms with Gasteiger partial charge in [0.25, 0.3) is 0 Å². The highest BCUT2D eigenvalue weighted by Crippen LogP contribution is 2.33. The maximum absolute atomic E-state index is 13.9. The minimum Gasteiger partial charge on any atom is -0.481 e. The first-order valence-electron chi connectivity index (χ1n) is 20.3. The lowest BCUT2D eigenvalue weighted by molar-refractivity contribution is -0.152. The van der Waals surface area contributed by atoms with Crippen LogP contribution in [0, 0.1) is 5.92 Å². The van der Waals surface area contributed by atoms with E-state index < -0.39 is 66.9 Å². The standard InChI is InChI=1S/C44H54Cl2F3N7O6/c1-28(50-22-32-8-13-34(46)19-38(32)62-35-14-9-31(10-15-35)37-23-51-39(55(37)4)25-54(2)3)41(60)52-36(26-57)42(61)53-43(20-29-6-11-33(45)12-7-29)16-5-17-56(27-43)24-30(18-40(58)59)21-44(47,48)49/h6-15,19,23,28,30,36,50,57H,5,16-18,20-22,24-27H2,1-4H3,(H,52,60)(H,53,61)(H,58,59)/t28-,30-,36-,43+/m0/s1. The molecule has 0 aliphatic carbocycles. The van der Waals surface area contributed by atoms with Crippen LogP contribution in [0.3, 0.4) is 0 Å². The maximum atomic E-state index is 13.9. The normalized spacial score (nSPS) is 17.3. The minimum atomic E-state index is -4.56. The van der Waals surface area contributed by atoms with E-state index in [1.54, 1.807) is 54.3 Å². The lowest BCUT2D eigenvalue weighted by Gasteiger charge is -2.45. The number of aliphatic carboxylic acids is 1. The number of hydrogen-bond donors (Lipinski definition) is 5. The van der Waals surface area contributed by atoms with Gasteiger partial charge in [0.05, 0.1) is 36.6 Å². The average molecular weight is 905 g/mol. The summed E-state index contributed by atoms with van der Waals surface area (Å²) in [4.78, 5) is 47.2. The van der Waals surface area contributed by atoms with Gasteiger partial charge in [0.15, 0.2) is 0 Å². The number of nitrogens with one attached hydrogen (secondary N) is 3. The Bertz CT molecular complexity index is 2140. The van der Waals surface area contributed by atoms with E-state index in [1.807, 2.05) is 61.1 Å². The van der Waals surface area contributed by atoms with Crippen molar-refractivity contribution >= 4 is 41.0 Å². The average Bonchev–Trinajstić information content (AvgIpc) is 3.55. The van der Waals surface area contributed by atoms with Gasteiger partial charge in [0.2, 0.25) is 11.8 Å². The molecule has 2 heterocycles. The number of rotatable bonds is 20. The topological polar surface area (TPSA) is 161 Å². The molecule has 4 aromatic rings. The third-order valence-electron chi connectivity index (χ3n) is 10.8. The summed E-state index contributed by atoms with van der Waals surface area (Å²) in [6, 6.07) is 17.4. The highest BCUT2D eigenvalue weighted by molar-refractivity contribution is 6.31. The second kappa shape index (κ2) is 21.6.